The van der Waals surface area contributed by atoms with Gasteiger partial charge in [0.2, 0.25) is 11.8 Å². The highest BCUT2D eigenvalue weighted by molar-refractivity contribution is 7.14. The van der Waals surface area contributed by atoms with Crippen molar-refractivity contribution in [3.63, 3.8) is 0 Å². The number of pyridine rings is 1. The molecule has 9 heteroatoms. The summed E-state index contributed by atoms with van der Waals surface area (Å²) in [4.78, 5) is 30.0. The highest BCUT2D eigenvalue weighted by Crippen LogP contribution is 2.25. The van der Waals surface area contributed by atoms with Crippen LogP contribution in [0.5, 0.6) is 0 Å². The lowest BCUT2D eigenvalue weighted by Gasteiger charge is -2.10. The predicted molar refractivity (Wildman–Crippen MR) is 92.2 cm³/mol. The van der Waals surface area contributed by atoms with E-state index in [4.69, 9.17) is 0 Å². The number of fused-ring (bicyclic) bond motifs is 1. The Labute approximate surface area is 147 Å². The first-order valence-electron chi connectivity index (χ1n) is 8.01. The van der Waals surface area contributed by atoms with Crippen LogP contribution in [-0.4, -0.2) is 37.9 Å². The molecule has 0 spiro atoms. The van der Waals surface area contributed by atoms with Crippen LogP contribution < -0.4 is 10.2 Å². The monoisotopic (exact) mass is 356 g/mol. The smallest absolute Gasteiger partial charge is 0.228 e. The van der Waals surface area contributed by atoms with E-state index in [1.54, 1.807) is 4.90 Å². The average molecular weight is 356 g/mol. The summed E-state index contributed by atoms with van der Waals surface area (Å²) in [6.45, 7) is 1.00. The Morgan fingerprint density at radius 3 is 3.08 bits per heavy atom. The summed E-state index contributed by atoms with van der Waals surface area (Å²) in [5, 5.41) is 13.5. The van der Waals surface area contributed by atoms with Crippen LogP contribution in [0.15, 0.2) is 29.8 Å². The Balaban J connectivity index is 1.36. The topological polar surface area (TPSA) is 92.5 Å². The van der Waals surface area contributed by atoms with Gasteiger partial charge in [0.15, 0.2) is 16.6 Å². The van der Waals surface area contributed by atoms with Crippen LogP contribution in [0.3, 0.4) is 0 Å². The number of carbonyl (C=O) groups excluding carboxylic acids is 2. The van der Waals surface area contributed by atoms with E-state index in [-0.39, 0.29) is 18.2 Å². The van der Waals surface area contributed by atoms with Crippen molar-refractivity contribution in [1.29, 1.82) is 0 Å². The molecule has 3 aromatic heterocycles. The molecule has 1 aliphatic rings. The summed E-state index contributed by atoms with van der Waals surface area (Å²) in [6.07, 6.45) is 3.47. The maximum absolute atomic E-state index is 12.2. The minimum Gasteiger partial charge on any atom is -0.348 e. The Morgan fingerprint density at radius 1 is 1.32 bits per heavy atom. The van der Waals surface area contributed by atoms with Crippen molar-refractivity contribution in [3.05, 3.63) is 41.3 Å². The lowest BCUT2D eigenvalue weighted by atomic mass is 10.3. The fraction of sp³-hybridized carbons (Fsp3) is 0.312. The van der Waals surface area contributed by atoms with E-state index >= 15 is 0 Å². The van der Waals surface area contributed by atoms with Gasteiger partial charge in [-0.1, -0.05) is 6.07 Å². The van der Waals surface area contributed by atoms with Crippen LogP contribution in [0.2, 0.25) is 0 Å². The number of aromatic nitrogens is 4. The summed E-state index contributed by atoms with van der Waals surface area (Å²) in [6, 6.07) is 5.63. The van der Waals surface area contributed by atoms with Crippen LogP contribution in [0.1, 0.15) is 24.4 Å². The van der Waals surface area contributed by atoms with Gasteiger partial charge in [-0.2, -0.15) is 0 Å². The van der Waals surface area contributed by atoms with Crippen molar-refractivity contribution in [3.8, 4) is 0 Å². The van der Waals surface area contributed by atoms with Crippen LogP contribution in [0.4, 0.5) is 5.13 Å². The Kier molecular flexibility index (Phi) is 4.14. The molecular formula is C16H16N6O2S. The lowest BCUT2D eigenvalue weighted by Crippen LogP contribution is -2.26. The molecule has 25 heavy (non-hydrogen) atoms. The van der Waals surface area contributed by atoms with E-state index in [1.807, 2.05) is 34.2 Å². The molecule has 0 aromatic carbocycles. The first-order chi connectivity index (χ1) is 12.2. The van der Waals surface area contributed by atoms with Crippen molar-refractivity contribution in [2.24, 2.45) is 0 Å². The number of thiazole rings is 1. The molecule has 128 valence electrons. The molecule has 0 unspecified atom stereocenters. The highest BCUT2D eigenvalue weighted by atomic mass is 32.1. The van der Waals surface area contributed by atoms with Gasteiger partial charge >= 0.3 is 0 Å². The maximum Gasteiger partial charge on any atom is 0.228 e. The first-order valence-corrected chi connectivity index (χ1v) is 8.89. The second-order valence-corrected chi connectivity index (χ2v) is 6.61. The minimum absolute atomic E-state index is 0.101. The van der Waals surface area contributed by atoms with Crippen LogP contribution in [0.25, 0.3) is 5.65 Å². The lowest BCUT2D eigenvalue weighted by molar-refractivity contribution is -0.120. The first kappa shape index (κ1) is 15.7. The van der Waals surface area contributed by atoms with Crippen molar-refractivity contribution in [2.75, 3.05) is 11.4 Å². The summed E-state index contributed by atoms with van der Waals surface area (Å²) >= 11 is 1.40. The molecule has 0 aliphatic carbocycles. The molecule has 1 aliphatic heterocycles. The largest absolute Gasteiger partial charge is 0.348 e. The normalized spacial score (nSPS) is 14.4. The molecule has 0 bridgehead atoms. The predicted octanol–water partition coefficient (Wildman–Crippen LogP) is 1.17. The molecule has 1 fully saturated rings. The zero-order valence-corrected chi connectivity index (χ0v) is 14.2. The molecule has 1 saturated heterocycles. The zero-order chi connectivity index (χ0) is 17.2. The standard InChI is InChI=1S/C16H16N6O2S/c23-14(17-9-13-20-19-12-4-1-2-6-21(12)13)8-11-10-25-16(18-11)22-7-3-5-15(22)24/h1-2,4,6,10H,3,5,7-9H2,(H,17,23). The van der Waals surface area contributed by atoms with E-state index in [1.165, 1.54) is 11.3 Å². The number of amides is 2. The summed E-state index contributed by atoms with van der Waals surface area (Å²) in [5.41, 5.74) is 1.41. The molecule has 0 saturated carbocycles. The van der Waals surface area contributed by atoms with E-state index < -0.39 is 0 Å². The van der Waals surface area contributed by atoms with Crippen LogP contribution in [-0.2, 0) is 22.6 Å². The molecular weight excluding hydrogens is 340 g/mol. The van der Waals surface area contributed by atoms with Crippen molar-refractivity contribution in [2.45, 2.75) is 25.8 Å². The van der Waals surface area contributed by atoms with Gasteiger partial charge in [-0.15, -0.1) is 21.5 Å². The number of rotatable bonds is 5. The second kappa shape index (κ2) is 6.60. The third-order valence-electron chi connectivity index (χ3n) is 4.01. The molecule has 0 radical (unpaired) electrons. The van der Waals surface area contributed by atoms with Gasteiger partial charge < -0.3 is 5.32 Å². The van der Waals surface area contributed by atoms with E-state index in [9.17, 15) is 9.59 Å². The third-order valence-corrected chi connectivity index (χ3v) is 4.93. The van der Waals surface area contributed by atoms with E-state index in [2.05, 4.69) is 20.5 Å². The van der Waals surface area contributed by atoms with Gasteiger partial charge in [-0.25, -0.2) is 4.98 Å². The molecule has 2 amide bonds. The molecule has 1 N–H and O–H groups in total. The van der Waals surface area contributed by atoms with Crippen molar-refractivity contribution in [1.82, 2.24) is 24.9 Å². The Hall–Kier alpha value is -2.81. The Bertz CT molecular complexity index is 934. The van der Waals surface area contributed by atoms with Gasteiger partial charge in [-0.3, -0.25) is 18.9 Å². The highest BCUT2D eigenvalue weighted by Gasteiger charge is 2.24. The SMILES string of the molecule is O=C(Cc1csc(N2CCCC2=O)n1)NCc1nnc2ccccn12. The summed E-state index contributed by atoms with van der Waals surface area (Å²) in [5.74, 6) is 0.631. The average Bonchev–Trinajstić information content (AvgIpc) is 3.32. The second-order valence-electron chi connectivity index (χ2n) is 5.77. The Morgan fingerprint density at radius 2 is 2.24 bits per heavy atom. The molecule has 4 rings (SSSR count). The van der Waals surface area contributed by atoms with Gasteiger partial charge in [0.25, 0.3) is 0 Å². The van der Waals surface area contributed by atoms with Crippen LogP contribution in [0, 0.1) is 0 Å². The summed E-state index contributed by atoms with van der Waals surface area (Å²) in [7, 11) is 0. The number of nitrogens with zero attached hydrogens (tertiary/aromatic N) is 5. The van der Waals surface area contributed by atoms with Gasteiger partial charge in [0.1, 0.15) is 0 Å². The molecule has 4 heterocycles. The zero-order valence-electron chi connectivity index (χ0n) is 13.4. The van der Waals surface area contributed by atoms with Crippen molar-refractivity contribution < 1.29 is 9.59 Å². The summed E-state index contributed by atoms with van der Waals surface area (Å²) < 4.78 is 1.83. The molecule has 8 nitrogen and oxygen atoms in total. The fourth-order valence-electron chi connectivity index (χ4n) is 2.77. The quantitative estimate of drug-likeness (QED) is 0.741. The number of carbonyl (C=O) groups is 2. The van der Waals surface area contributed by atoms with Crippen molar-refractivity contribution >= 4 is 33.9 Å². The van der Waals surface area contributed by atoms with Gasteiger partial charge in [0.05, 0.1) is 18.7 Å². The molecule has 3 aromatic rings. The molecule has 0 atom stereocenters. The van der Waals surface area contributed by atoms with Gasteiger partial charge in [0, 0.05) is 24.5 Å². The van der Waals surface area contributed by atoms with Gasteiger partial charge in [-0.05, 0) is 18.6 Å². The number of hydrogen-bond donors (Lipinski definition) is 1. The minimum atomic E-state index is -0.141. The maximum atomic E-state index is 12.2. The number of nitrogens with one attached hydrogen (secondary N) is 1. The van der Waals surface area contributed by atoms with E-state index in [0.29, 0.717) is 36.2 Å². The number of anilines is 1. The third kappa shape index (κ3) is 3.22. The number of hydrogen-bond acceptors (Lipinski definition) is 6. The van der Waals surface area contributed by atoms with Crippen LogP contribution >= 0.6 is 11.3 Å². The van der Waals surface area contributed by atoms with E-state index in [0.717, 1.165) is 12.1 Å². The fourth-order valence-corrected chi connectivity index (χ4v) is 3.64.